The van der Waals surface area contributed by atoms with Gasteiger partial charge in [0, 0.05) is 25.7 Å². The first-order chi connectivity index (χ1) is 9.43. The van der Waals surface area contributed by atoms with E-state index in [0.717, 1.165) is 6.07 Å². The van der Waals surface area contributed by atoms with E-state index in [2.05, 4.69) is 0 Å². The monoisotopic (exact) mass is 288 g/mol. The Morgan fingerprint density at radius 3 is 2.70 bits per heavy atom. The quantitative estimate of drug-likeness (QED) is 0.928. The second-order valence-electron chi connectivity index (χ2n) is 5.01. The van der Waals surface area contributed by atoms with Crippen molar-refractivity contribution in [3.05, 3.63) is 35.4 Å². The lowest BCUT2D eigenvalue weighted by atomic mass is 9.98. The normalized spacial score (nSPS) is 22.8. The number of alkyl halides is 3. The van der Waals surface area contributed by atoms with Gasteiger partial charge in [0.1, 0.15) is 0 Å². The molecule has 0 bridgehead atoms. The first kappa shape index (κ1) is 15.3. The number of ether oxygens (including phenoxy) is 1. The fourth-order valence-electron chi connectivity index (χ4n) is 2.65. The predicted octanol–water partition coefficient (Wildman–Crippen LogP) is 2.43. The number of hydrogen-bond acceptors (Lipinski definition) is 3. The molecule has 0 aromatic heterocycles. The molecule has 6 heteroatoms. The summed E-state index contributed by atoms with van der Waals surface area (Å²) in [5, 5.41) is 0. The maximum Gasteiger partial charge on any atom is 0.416 e. The number of rotatable bonds is 3. The lowest BCUT2D eigenvalue weighted by molar-refractivity contribution is -0.139. The van der Waals surface area contributed by atoms with Crippen LogP contribution in [0.3, 0.4) is 0 Å². The van der Waals surface area contributed by atoms with Crippen LogP contribution in [0.15, 0.2) is 24.3 Å². The van der Waals surface area contributed by atoms with Crippen LogP contribution in [0, 0.1) is 0 Å². The topological polar surface area (TPSA) is 38.5 Å². The fraction of sp³-hybridized carbons (Fsp3) is 0.571. The molecule has 0 amide bonds. The Kier molecular flexibility index (Phi) is 4.67. The van der Waals surface area contributed by atoms with Gasteiger partial charge in [-0.1, -0.05) is 18.2 Å². The minimum Gasteiger partial charge on any atom is -0.376 e. The van der Waals surface area contributed by atoms with Crippen molar-refractivity contribution in [1.29, 1.82) is 0 Å². The van der Waals surface area contributed by atoms with Crippen LogP contribution < -0.4 is 5.73 Å². The molecule has 3 nitrogen and oxygen atoms in total. The van der Waals surface area contributed by atoms with Crippen LogP contribution in [0.2, 0.25) is 0 Å². The Morgan fingerprint density at radius 1 is 1.40 bits per heavy atom. The molecule has 1 aliphatic rings. The summed E-state index contributed by atoms with van der Waals surface area (Å²) in [7, 11) is 0. The van der Waals surface area contributed by atoms with Gasteiger partial charge in [-0.3, -0.25) is 4.90 Å². The van der Waals surface area contributed by atoms with E-state index in [9.17, 15) is 13.2 Å². The van der Waals surface area contributed by atoms with Gasteiger partial charge in [-0.05, 0) is 18.6 Å². The summed E-state index contributed by atoms with van der Waals surface area (Å²) in [6.07, 6.45) is -4.35. The van der Waals surface area contributed by atoms with Gasteiger partial charge in [0.05, 0.1) is 18.3 Å². The van der Waals surface area contributed by atoms with E-state index < -0.39 is 17.8 Å². The highest BCUT2D eigenvalue weighted by Crippen LogP contribution is 2.36. The molecule has 1 fully saturated rings. The van der Waals surface area contributed by atoms with Crippen molar-refractivity contribution in [2.45, 2.75) is 25.2 Å². The van der Waals surface area contributed by atoms with Crippen LogP contribution in [0.1, 0.15) is 24.1 Å². The lowest BCUT2D eigenvalue weighted by Gasteiger charge is -2.37. The molecular weight excluding hydrogens is 269 g/mol. The lowest BCUT2D eigenvalue weighted by Crippen LogP contribution is -2.45. The maximum absolute atomic E-state index is 13.1. The van der Waals surface area contributed by atoms with Crippen LogP contribution in [0.5, 0.6) is 0 Å². The molecule has 1 aromatic carbocycles. The molecule has 0 spiro atoms. The van der Waals surface area contributed by atoms with Crippen molar-refractivity contribution in [1.82, 2.24) is 4.90 Å². The molecule has 0 aliphatic carbocycles. The number of hydrogen-bond donors (Lipinski definition) is 1. The molecule has 1 aliphatic heterocycles. The van der Waals surface area contributed by atoms with Crippen LogP contribution in [0.4, 0.5) is 13.2 Å². The summed E-state index contributed by atoms with van der Waals surface area (Å²) in [5.74, 6) is 0. The second-order valence-corrected chi connectivity index (χ2v) is 5.01. The maximum atomic E-state index is 13.1. The minimum absolute atomic E-state index is 0.0100. The summed E-state index contributed by atoms with van der Waals surface area (Å²) < 4.78 is 44.7. The third-order valence-corrected chi connectivity index (χ3v) is 3.56. The molecule has 2 rings (SSSR count). The highest BCUT2D eigenvalue weighted by atomic mass is 19.4. The number of nitrogens with zero attached hydrogens (tertiary/aromatic N) is 1. The molecule has 112 valence electrons. The zero-order chi connectivity index (χ0) is 14.8. The van der Waals surface area contributed by atoms with Crippen molar-refractivity contribution in [2.75, 3.05) is 26.2 Å². The number of halogens is 3. The van der Waals surface area contributed by atoms with E-state index in [0.29, 0.717) is 19.7 Å². The Bertz CT molecular complexity index is 450. The molecule has 0 saturated carbocycles. The van der Waals surface area contributed by atoms with Crippen LogP contribution in [-0.2, 0) is 10.9 Å². The number of benzene rings is 1. The zero-order valence-electron chi connectivity index (χ0n) is 11.4. The summed E-state index contributed by atoms with van der Waals surface area (Å²) in [4.78, 5) is 1.97. The van der Waals surface area contributed by atoms with E-state index in [4.69, 9.17) is 10.5 Å². The summed E-state index contributed by atoms with van der Waals surface area (Å²) >= 11 is 0. The molecular formula is C14H19F3N2O. The smallest absolute Gasteiger partial charge is 0.376 e. The van der Waals surface area contributed by atoms with E-state index >= 15 is 0 Å². The molecule has 1 saturated heterocycles. The van der Waals surface area contributed by atoms with Gasteiger partial charge in [0.2, 0.25) is 0 Å². The molecule has 2 unspecified atom stereocenters. The van der Waals surface area contributed by atoms with Gasteiger partial charge >= 0.3 is 6.18 Å². The highest BCUT2D eigenvalue weighted by molar-refractivity contribution is 5.32. The molecule has 1 heterocycles. The first-order valence-corrected chi connectivity index (χ1v) is 6.65. The van der Waals surface area contributed by atoms with Crippen molar-refractivity contribution in [3.8, 4) is 0 Å². The van der Waals surface area contributed by atoms with Gasteiger partial charge in [-0.15, -0.1) is 0 Å². The van der Waals surface area contributed by atoms with E-state index in [1.54, 1.807) is 6.07 Å². The Morgan fingerprint density at radius 2 is 2.10 bits per heavy atom. The number of morpholine rings is 1. The fourth-order valence-corrected chi connectivity index (χ4v) is 2.65. The summed E-state index contributed by atoms with van der Waals surface area (Å²) in [6, 6.07) is 5.22. The van der Waals surface area contributed by atoms with E-state index in [-0.39, 0.29) is 18.2 Å². The van der Waals surface area contributed by atoms with Crippen molar-refractivity contribution in [2.24, 2.45) is 5.73 Å². The minimum atomic E-state index is -4.36. The Hall–Kier alpha value is -1.11. The molecule has 2 atom stereocenters. The highest BCUT2D eigenvalue weighted by Gasteiger charge is 2.36. The van der Waals surface area contributed by atoms with Gasteiger partial charge < -0.3 is 10.5 Å². The largest absolute Gasteiger partial charge is 0.416 e. The average molecular weight is 288 g/mol. The van der Waals surface area contributed by atoms with Crippen molar-refractivity contribution < 1.29 is 17.9 Å². The van der Waals surface area contributed by atoms with Crippen molar-refractivity contribution >= 4 is 0 Å². The van der Waals surface area contributed by atoms with E-state index in [1.165, 1.54) is 12.1 Å². The van der Waals surface area contributed by atoms with E-state index in [1.807, 2.05) is 11.8 Å². The van der Waals surface area contributed by atoms with Crippen LogP contribution in [0.25, 0.3) is 0 Å². The van der Waals surface area contributed by atoms with Gasteiger partial charge in [0.25, 0.3) is 0 Å². The van der Waals surface area contributed by atoms with Gasteiger partial charge in [0.15, 0.2) is 0 Å². The average Bonchev–Trinajstić information content (AvgIpc) is 2.39. The van der Waals surface area contributed by atoms with Gasteiger partial charge in [-0.2, -0.15) is 13.2 Å². The third kappa shape index (κ3) is 3.31. The molecule has 2 N–H and O–H groups in total. The van der Waals surface area contributed by atoms with Crippen LogP contribution >= 0.6 is 0 Å². The Labute approximate surface area is 116 Å². The SMILES string of the molecule is CC1CN(C(CN)c2ccccc2C(F)(F)F)CCO1. The predicted molar refractivity (Wildman–Crippen MR) is 70.2 cm³/mol. The Balaban J connectivity index is 2.32. The molecule has 0 radical (unpaired) electrons. The number of nitrogens with two attached hydrogens (primary N) is 1. The molecule has 1 aromatic rings. The third-order valence-electron chi connectivity index (χ3n) is 3.56. The summed E-state index contributed by atoms with van der Waals surface area (Å²) in [6.45, 7) is 3.77. The van der Waals surface area contributed by atoms with Gasteiger partial charge in [-0.25, -0.2) is 0 Å². The van der Waals surface area contributed by atoms with Crippen molar-refractivity contribution in [3.63, 3.8) is 0 Å². The standard InChI is InChI=1S/C14H19F3N2O/c1-10-9-19(6-7-20-10)13(8-18)11-4-2-3-5-12(11)14(15,16)17/h2-5,10,13H,6-9,18H2,1H3. The second kappa shape index (κ2) is 6.11. The molecule has 20 heavy (non-hydrogen) atoms. The van der Waals surface area contributed by atoms with Crippen LogP contribution in [-0.4, -0.2) is 37.2 Å². The summed E-state index contributed by atoms with van der Waals surface area (Å²) in [5.41, 5.74) is 5.39. The zero-order valence-corrected chi connectivity index (χ0v) is 11.4. The first-order valence-electron chi connectivity index (χ1n) is 6.65.